The predicted octanol–water partition coefficient (Wildman–Crippen LogP) is -0.801. The van der Waals surface area contributed by atoms with Crippen molar-refractivity contribution in [3.05, 3.63) is 29.8 Å². The van der Waals surface area contributed by atoms with Gasteiger partial charge in [0, 0.05) is 4.75 Å². The van der Waals surface area contributed by atoms with E-state index in [2.05, 4.69) is 5.32 Å². The second kappa shape index (κ2) is 6.78. The third kappa shape index (κ3) is 3.11. The molecule has 0 bridgehead atoms. The van der Waals surface area contributed by atoms with Crippen molar-refractivity contribution in [3.63, 3.8) is 0 Å². The van der Waals surface area contributed by atoms with Crippen LogP contribution in [0.15, 0.2) is 24.3 Å². The Kier molecular flexibility index (Phi) is 5.22. The Bertz CT molecular complexity index is 738. The first kappa shape index (κ1) is 20.0. The van der Waals surface area contributed by atoms with E-state index in [1.54, 1.807) is 13.8 Å². The first-order valence-electron chi connectivity index (χ1n) is 7.71. The summed E-state index contributed by atoms with van der Waals surface area (Å²) in [6.07, 6.45) is 0. The Morgan fingerprint density at radius 1 is 1.31 bits per heavy atom. The van der Waals surface area contributed by atoms with Crippen molar-refractivity contribution in [2.24, 2.45) is 5.73 Å². The van der Waals surface area contributed by atoms with Gasteiger partial charge >= 0.3 is 5.97 Å². The summed E-state index contributed by atoms with van der Waals surface area (Å²) in [6, 6.07) is 3.21. The molecule has 26 heavy (non-hydrogen) atoms. The maximum atomic E-state index is 12.3. The second-order valence-electron chi connectivity index (χ2n) is 6.65. The van der Waals surface area contributed by atoms with E-state index in [1.807, 2.05) is 0 Å². The molecule has 7 N–H and O–H groups in total. The van der Waals surface area contributed by atoms with Gasteiger partial charge in [-0.15, -0.1) is 11.8 Å². The minimum atomic E-state index is -1.06. The van der Waals surface area contributed by atoms with Crippen LogP contribution in [0.5, 0.6) is 5.75 Å². The fourth-order valence-corrected chi connectivity index (χ4v) is 4.85. The average molecular weight is 383 g/mol. The topological polar surface area (TPSA) is 164 Å². The third-order valence-corrected chi connectivity index (χ3v) is 6.08. The number of hydrogen-bond donors (Lipinski definition) is 4. The van der Waals surface area contributed by atoms with E-state index in [0.717, 1.165) is 0 Å². The molecule has 9 nitrogen and oxygen atoms in total. The minimum Gasteiger partial charge on any atom is -0.508 e. The van der Waals surface area contributed by atoms with E-state index in [-0.39, 0.29) is 11.2 Å². The van der Waals surface area contributed by atoms with Crippen LogP contribution in [-0.2, 0) is 14.4 Å². The highest BCUT2D eigenvalue weighted by molar-refractivity contribution is 8.01. The summed E-state index contributed by atoms with van der Waals surface area (Å²) in [7, 11) is 0. The normalized spacial score (nSPS) is 27.0. The van der Waals surface area contributed by atoms with Gasteiger partial charge in [0.1, 0.15) is 29.2 Å². The fraction of sp³-hybridized carbons (Fsp3) is 0.438. The maximum absolute atomic E-state index is 12.3. The van der Waals surface area contributed by atoms with Crippen LogP contribution in [0.1, 0.15) is 25.5 Å². The summed E-state index contributed by atoms with van der Waals surface area (Å²) in [5.74, 6) is -1.94. The number of nitrogens with one attached hydrogen (secondary N) is 1. The smallest absolute Gasteiger partial charge is 0.327 e. The van der Waals surface area contributed by atoms with Gasteiger partial charge in [-0.05, 0) is 31.5 Å². The van der Waals surface area contributed by atoms with Gasteiger partial charge < -0.3 is 31.6 Å². The van der Waals surface area contributed by atoms with Crippen LogP contribution in [0.3, 0.4) is 0 Å². The Balaban J connectivity index is 0.00000243. The number of thioether (sulfide) groups is 1. The average Bonchev–Trinajstić information content (AvgIpc) is 2.80. The monoisotopic (exact) mass is 383 g/mol. The molecule has 2 heterocycles. The summed E-state index contributed by atoms with van der Waals surface area (Å²) in [6.45, 7) is 3.53. The van der Waals surface area contributed by atoms with Gasteiger partial charge in [0.25, 0.3) is 0 Å². The molecule has 2 saturated heterocycles. The van der Waals surface area contributed by atoms with Gasteiger partial charge in [-0.3, -0.25) is 9.59 Å². The summed E-state index contributed by atoms with van der Waals surface area (Å²) in [5.41, 5.74) is 6.41. The van der Waals surface area contributed by atoms with Gasteiger partial charge in [0.2, 0.25) is 11.8 Å². The van der Waals surface area contributed by atoms with Crippen LogP contribution in [0.2, 0.25) is 0 Å². The fourth-order valence-electron chi connectivity index (χ4n) is 3.22. The number of hydrogen-bond acceptors (Lipinski definition) is 6. The van der Waals surface area contributed by atoms with Crippen LogP contribution in [0, 0.1) is 0 Å². The highest BCUT2D eigenvalue weighted by Crippen LogP contribution is 2.50. The lowest BCUT2D eigenvalue weighted by atomic mass is 9.95. The number of nitrogens with two attached hydrogens (primary N) is 1. The highest BCUT2D eigenvalue weighted by Gasteiger charge is 2.64. The van der Waals surface area contributed by atoms with Gasteiger partial charge in [0.15, 0.2) is 0 Å². The maximum Gasteiger partial charge on any atom is 0.327 e. The Morgan fingerprint density at radius 2 is 1.88 bits per heavy atom. The quantitative estimate of drug-likeness (QED) is 0.494. The standard InChI is InChI=1S/C16H19N3O5S.H2O/c1-16(2)11(15(23)24)19-13(22)10(14(19)25-16)18-12(21)9(17)7-3-5-8(20)6-4-7;/h3-6,9-11,14,20H,17H2,1-2H3,(H,18,21)(H,23,24);1H2/t9-,10+,11+,14-;/m1./s1. The SMILES string of the molecule is CC1(C)S[C@@H]2[C@@H](NC(=O)[C@H](N)c3ccc(O)cc3)C(=O)N2[C@H]1C(=O)O.O. The molecule has 0 spiro atoms. The molecule has 0 saturated carbocycles. The number of carboxylic acids is 1. The van der Waals surface area contributed by atoms with Crippen molar-refractivity contribution in [1.82, 2.24) is 10.2 Å². The van der Waals surface area contributed by atoms with E-state index in [1.165, 1.54) is 40.9 Å². The van der Waals surface area contributed by atoms with Crippen LogP contribution in [-0.4, -0.2) is 60.6 Å². The number of phenols is 1. The minimum absolute atomic E-state index is 0. The lowest BCUT2D eigenvalue weighted by Crippen LogP contribution is -2.71. The zero-order chi connectivity index (χ0) is 18.5. The van der Waals surface area contributed by atoms with Crippen molar-refractivity contribution in [3.8, 4) is 5.75 Å². The molecule has 0 aliphatic carbocycles. The Hall–Kier alpha value is -2.30. The van der Waals surface area contributed by atoms with Crippen LogP contribution in [0.25, 0.3) is 0 Å². The lowest BCUT2D eigenvalue weighted by molar-refractivity contribution is -0.161. The van der Waals surface area contributed by atoms with Gasteiger partial charge in [-0.25, -0.2) is 4.79 Å². The van der Waals surface area contributed by atoms with Crippen LogP contribution in [0.4, 0.5) is 0 Å². The molecule has 2 aliphatic heterocycles. The zero-order valence-electron chi connectivity index (χ0n) is 14.2. The third-order valence-electron chi connectivity index (χ3n) is 4.51. The van der Waals surface area contributed by atoms with E-state index in [9.17, 15) is 24.6 Å². The first-order valence-corrected chi connectivity index (χ1v) is 8.59. The summed E-state index contributed by atoms with van der Waals surface area (Å²) >= 11 is 1.35. The van der Waals surface area contributed by atoms with E-state index in [0.29, 0.717) is 5.56 Å². The zero-order valence-corrected chi connectivity index (χ0v) is 15.0. The number of nitrogens with zero attached hydrogens (tertiary/aromatic N) is 1. The number of carboxylic acid groups (broad SMARTS) is 1. The molecule has 0 aromatic heterocycles. The van der Waals surface area contributed by atoms with Crippen molar-refractivity contribution >= 4 is 29.5 Å². The van der Waals surface area contributed by atoms with Gasteiger partial charge in [-0.1, -0.05) is 12.1 Å². The molecule has 3 rings (SSSR count). The number of aliphatic carboxylic acids is 1. The highest BCUT2D eigenvalue weighted by atomic mass is 32.2. The van der Waals surface area contributed by atoms with Crippen LogP contribution < -0.4 is 11.1 Å². The Labute approximate surface area is 153 Å². The molecule has 1 aromatic rings. The molecule has 0 radical (unpaired) electrons. The van der Waals surface area contributed by atoms with Crippen molar-refractivity contribution in [1.29, 1.82) is 0 Å². The molecular weight excluding hydrogens is 362 g/mol. The molecule has 10 heteroatoms. The summed E-state index contributed by atoms with van der Waals surface area (Å²) < 4.78 is -0.648. The molecule has 2 aliphatic rings. The van der Waals surface area contributed by atoms with Crippen molar-refractivity contribution in [2.45, 2.75) is 42.1 Å². The number of benzene rings is 1. The van der Waals surface area contributed by atoms with Crippen molar-refractivity contribution in [2.75, 3.05) is 0 Å². The number of phenolic OH excluding ortho intramolecular Hbond substituents is 1. The van der Waals surface area contributed by atoms with E-state index >= 15 is 0 Å². The molecule has 4 atom stereocenters. The molecule has 0 unspecified atom stereocenters. The molecule has 2 fully saturated rings. The lowest BCUT2D eigenvalue weighted by Gasteiger charge is -2.43. The number of carbonyl (C=O) groups is 3. The molecular formula is C16H21N3O6S. The second-order valence-corrected chi connectivity index (χ2v) is 8.42. The predicted molar refractivity (Wildman–Crippen MR) is 94.3 cm³/mol. The Morgan fingerprint density at radius 3 is 2.42 bits per heavy atom. The number of β-lactam (4-membered cyclic amide) rings is 1. The van der Waals surface area contributed by atoms with E-state index < -0.39 is 46.0 Å². The number of fused-ring (bicyclic) bond motifs is 1. The number of rotatable bonds is 4. The van der Waals surface area contributed by atoms with Gasteiger partial charge in [0.05, 0.1) is 0 Å². The number of aromatic hydroxyl groups is 1. The molecule has 142 valence electrons. The largest absolute Gasteiger partial charge is 0.508 e. The summed E-state index contributed by atoms with van der Waals surface area (Å²) in [5, 5.41) is 20.9. The van der Waals surface area contributed by atoms with E-state index in [4.69, 9.17) is 5.73 Å². The number of amides is 2. The summed E-state index contributed by atoms with van der Waals surface area (Å²) in [4.78, 5) is 37.5. The van der Waals surface area contributed by atoms with Crippen LogP contribution >= 0.6 is 11.8 Å². The van der Waals surface area contributed by atoms with Crippen molar-refractivity contribution < 1.29 is 30.1 Å². The van der Waals surface area contributed by atoms with Gasteiger partial charge in [-0.2, -0.15) is 0 Å². The molecule has 2 amide bonds. The molecule has 1 aromatic carbocycles. The first-order chi connectivity index (χ1) is 11.6. The number of carbonyl (C=O) groups excluding carboxylic acids is 2.